The van der Waals surface area contributed by atoms with E-state index in [1.54, 1.807) is 44.4 Å². The van der Waals surface area contributed by atoms with Crippen molar-refractivity contribution >= 4 is 0 Å². The third-order valence-corrected chi connectivity index (χ3v) is 6.54. The summed E-state index contributed by atoms with van der Waals surface area (Å²) in [5, 5.41) is 0. The zero-order chi connectivity index (χ0) is 29.0. The van der Waals surface area contributed by atoms with Crippen LogP contribution in [0.4, 0.5) is 13.2 Å². The Balaban J connectivity index is 1.66. The molecule has 0 spiro atoms. The molecule has 0 fully saturated rings. The molecule has 4 aromatic carbocycles. The third-order valence-electron chi connectivity index (χ3n) is 6.54. The van der Waals surface area contributed by atoms with Crippen molar-refractivity contribution in [3.05, 3.63) is 108 Å². The highest BCUT2D eigenvalue weighted by atomic mass is 19.4. The first-order valence-electron chi connectivity index (χ1n) is 12.6. The Morgan fingerprint density at radius 2 is 1.39 bits per heavy atom. The van der Waals surface area contributed by atoms with E-state index in [9.17, 15) is 13.2 Å². The quantitative estimate of drug-likeness (QED) is 0.184. The van der Waals surface area contributed by atoms with E-state index in [1.807, 2.05) is 54.6 Å². The molecule has 1 heterocycles. The minimum Gasteiger partial charge on any atom is -0.497 e. The van der Waals surface area contributed by atoms with Gasteiger partial charge in [-0.25, -0.2) is 4.98 Å². The van der Waals surface area contributed by atoms with Crippen molar-refractivity contribution < 1.29 is 32.1 Å². The molecule has 0 amide bonds. The SMILES string of the molecule is COc1cc(OC)cc(-c2ncn(-c3ccc(C(F)(F)F)cc3)c2-c2ccc(OC)c(OCc3ccccc3)c2)c1. The van der Waals surface area contributed by atoms with Crippen LogP contribution < -0.4 is 18.9 Å². The highest BCUT2D eigenvalue weighted by Crippen LogP contribution is 2.40. The van der Waals surface area contributed by atoms with Crippen LogP contribution in [-0.2, 0) is 12.8 Å². The summed E-state index contributed by atoms with van der Waals surface area (Å²) in [6, 6.07) is 25.5. The molecule has 0 aliphatic carbocycles. The van der Waals surface area contributed by atoms with Gasteiger partial charge in [-0.05, 0) is 60.2 Å². The molecule has 41 heavy (non-hydrogen) atoms. The number of halogens is 3. The molecule has 0 bridgehead atoms. The standard InChI is InChI=1S/C32H27F3N2O4/c1-38-26-15-23(16-27(18-26)39-2)30-31(37(20-36-30)25-12-10-24(11-13-25)32(33,34)35)22-9-14-28(40-3)29(17-22)41-19-21-7-5-4-6-8-21/h4-18,20H,19H2,1-3H3. The van der Waals surface area contributed by atoms with Crippen molar-refractivity contribution in [2.45, 2.75) is 12.8 Å². The lowest BCUT2D eigenvalue weighted by Crippen LogP contribution is -2.05. The molecule has 0 saturated carbocycles. The monoisotopic (exact) mass is 560 g/mol. The Morgan fingerprint density at radius 3 is 2.00 bits per heavy atom. The van der Waals surface area contributed by atoms with Crippen LogP contribution in [0.25, 0.3) is 28.2 Å². The van der Waals surface area contributed by atoms with Crippen LogP contribution in [0.1, 0.15) is 11.1 Å². The molecule has 0 unspecified atom stereocenters. The topological polar surface area (TPSA) is 54.7 Å². The zero-order valence-electron chi connectivity index (χ0n) is 22.6. The van der Waals surface area contributed by atoms with Crippen LogP contribution in [0.2, 0.25) is 0 Å². The first kappa shape index (κ1) is 27.6. The molecule has 9 heteroatoms. The maximum Gasteiger partial charge on any atom is 0.416 e. The third kappa shape index (κ3) is 5.99. The Hall–Kier alpha value is -4.92. The fourth-order valence-electron chi connectivity index (χ4n) is 4.46. The Morgan fingerprint density at radius 1 is 0.707 bits per heavy atom. The largest absolute Gasteiger partial charge is 0.497 e. The van der Waals surface area contributed by atoms with Crippen molar-refractivity contribution in [1.82, 2.24) is 9.55 Å². The second kappa shape index (κ2) is 11.7. The highest BCUT2D eigenvalue weighted by Gasteiger charge is 2.30. The summed E-state index contributed by atoms with van der Waals surface area (Å²) in [5.74, 6) is 2.17. The van der Waals surface area contributed by atoms with Crippen molar-refractivity contribution in [2.75, 3.05) is 21.3 Å². The first-order valence-corrected chi connectivity index (χ1v) is 12.6. The van der Waals surface area contributed by atoms with Gasteiger partial charge in [0, 0.05) is 22.9 Å². The number of imidazole rings is 1. The van der Waals surface area contributed by atoms with Crippen molar-refractivity contribution in [1.29, 1.82) is 0 Å². The molecule has 0 N–H and O–H groups in total. The summed E-state index contributed by atoms with van der Waals surface area (Å²) in [6.45, 7) is 0.318. The van der Waals surface area contributed by atoms with E-state index < -0.39 is 11.7 Å². The van der Waals surface area contributed by atoms with E-state index in [4.69, 9.17) is 18.9 Å². The van der Waals surface area contributed by atoms with Gasteiger partial charge in [-0.15, -0.1) is 0 Å². The average molecular weight is 561 g/mol. The van der Waals surface area contributed by atoms with Gasteiger partial charge in [0.05, 0.1) is 38.3 Å². The molecular weight excluding hydrogens is 533 g/mol. The van der Waals surface area contributed by atoms with Crippen LogP contribution in [0, 0.1) is 0 Å². The molecular formula is C32H27F3N2O4. The highest BCUT2D eigenvalue weighted by molar-refractivity contribution is 5.82. The number of hydrogen-bond acceptors (Lipinski definition) is 5. The average Bonchev–Trinajstić information content (AvgIpc) is 3.45. The molecule has 5 rings (SSSR count). The number of benzene rings is 4. The molecule has 6 nitrogen and oxygen atoms in total. The minimum absolute atomic E-state index is 0.318. The predicted molar refractivity (Wildman–Crippen MR) is 150 cm³/mol. The van der Waals surface area contributed by atoms with Crippen LogP contribution in [0.15, 0.2) is 97.3 Å². The Kier molecular flexibility index (Phi) is 7.87. The van der Waals surface area contributed by atoms with Crippen molar-refractivity contribution in [3.8, 4) is 51.2 Å². The van der Waals surface area contributed by atoms with Crippen molar-refractivity contribution in [2.24, 2.45) is 0 Å². The van der Waals surface area contributed by atoms with Gasteiger partial charge >= 0.3 is 6.18 Å². The molecule has 1 aromatic heterocycles. The Bertz CT molecular complexity index is 1610. The van der Waals surface area contributed by atoms with Gasteiger partial charge in [-0.2, -0.15) is 13.2 Å². The van der Waals surface area contributed by atoms with Crippen LogP contribution in [-0.4, -0.2) is 30.9 Å². The Labute approximate surface area is 235 Å². The summed E-state index contributed by atoms with van der Waals surface area (Å²) in [7, 11) is 4.67. The maximum absolute atomic E-state index is 13.3. The van der Waals surface area contributed by atoms with E-state index in [0.717, 1.165) is 17.7 Å². The van der Waals surface area contributed by atoms with Crippen molar-refractivity contribution in [3.63, 3.8) is 0 Å². The van der Waals surface area contributed by atoms with Gasteiger partial charge in [0.2, 0.25) is 0 Å². The van der Waals surface area contributed by atoms with Gasteiger partial charge in [0.15, 0.2) is 11.5 Å². The van der Waals surface area contributed by atoms with Crippen LogP contribution in [0.5, 0.6) is 23.0 Å². The van der Waals surface area contributed by atoms with Crippen LogP contribution >= 0.6 is 0 Å². The number of methoxy groups -OCH3 is 3. The zero-order valence-corrected chi connectivity index (χ0v) is 22.6. The van der Waals surface area contributed by atoms with Gasteiger partial charge in [-0.1, -0.05) is 30.3 Å². The van der Waals surface area contributed by atoms with E-state index in [2.05, 4.69) is 4.98 Å². The maximum atomic E-state index is 13.3. The van der Waals surface area contributed by atoms with Gasteiger partial charge in [-0.3, -0.25) is 4.57 Å². The molecule has 5 aromatic rings. The summed E-state index contributed by atoms with van der Waals surface area (Å²) in [5.41, 5.74) is 3.37. The molecule has 0 atom stereocenters. The molecule has 0 aliphatic heterocycles. The fraction of sp³-hybridized carbons (Fsp3) is 0.156. The molecule has 0 radical (unpaired) electrons. The lowest BCUT2D eigenvalue weighted by molar-refractivity contribution is -0.137. The fourth-order valence-corrected chi connectivity index (χ4v) is 4.46. The summed E-state index contributed by atoms with van der Waals surface area (Å²) in [6.07, 6.45) is -2.87. The molecule has 0 aliphatic rings. The second-order valence-electron chi connectivity index (χ2n) is 9.10. The van der Waals surface area contributed by atoms with E-state index in [1.165, 1.54) is 12.1 Å². The number of aromatic nitrogens is 2. The lowest BCUT2D eigenvalue weighted by atomic mass is 10.0. The summed E-state index contributed by atoms with van der Waals surface area (Å²) in [4.78, 5) is 4.68. The normalized spacial score (nSPS) is 11.3. The second-order valence-corrected chi connectivity index (χ2v) is 9.10. The van der Waals surface area contributed by atoms with E-state index in [0.29, 0.717) is 57.8 Å². The number of alkyl halides is 3. The minimum atomic E-state index is -4.44. The number of rotatable bonds is 9. The molecule has 0 saturated heterocycles. The smallest absolute Gasteiger partial charge is 0.416 e. The number of ether oxygens (including phenoxy) is 4. The molecule has 210 valence electrons. The van der Waals surface area contributed by atoms with E-state index in [-0.39, 0.29) is 0 Å². The van der Waals surface area contributed by atoms with Gasteiger partial charge in [0.25, 0.3) is 0 Å². The number of nitrogens with zero attached hydrogens (tertiary/aromatic N) is 2. The van der Waals surface area contributed by atoms with Gasteiger partial charge in [0.1, 0.15) is 24.4 Å². The van der Waals surface area contributed by atoms with E-state index >= 15 is 0 Å². The summed E-state index contributed by atoms with van der Waals surface area (Å²) >= 11 is 0. The van der Waals surface area contributed by atoms with Crippen LogP contribution in [0.3, 0.4) is 0 Å². The lowest BCUT2D eigenvalue weighted by Gasteiger charge is -2.16. The first-order chi connectivity index (χ1) is 19.8. The number of hydrogen-bond donors (Lipinski definition) is 0. The van der Waals surface area contributed by atoms with Gasteiger partial charge < -0.3 is 18.9 Å². The predicted octanol–water partition coefficient (Wildman–Crippen LogP) is 7.83. The summed E-state index contributed by atoms with van der Waals surface area (Å²) < 4.78 is 64.2.